The second-order valence-electron chi connectivity index (χ2n) is 7.19. The molecule has 0 bridgehead atoms. The molecule has 0 spiro atoms. The van der Waals surface area contributed by atoms with Gasteiger partial charge in [-0.15, -0.1) is 11.3 Å². The van der Waals surface area contributed by atoms with Crippen LogP contribution in [0, 0.1) is 6.92 Å². The number of carbonyl (C=O) groups excluding carboxylic acids is 2. The molecule has 2 aromatic carbocycles. The predicted molar refractivity (Wildman–Crippen MR) is 132 cm³/mol. The lowest BCUT2D eigenvalue weighted by atomic mass is 10.1. The fourth-order valence-electron chi connectivity index (χ4n) is 3.12. The van der Waals surface area contributed by atoms with Gasteiger partial charge in [-0.1, -0.05) is 41.7 Å². The van der Waals surface area contributed by atoms with Gasteiger partial charge < -0.3 is 10.1 Å². The van der Waals surface area contributed by atoms with Crippen LogP contribution in [0.15, 0.2) is 60.0 Å². The number of thiazole rings is 2. The lowest BCUT2D eigenvalue weighted by Gasteiger charge is -2.03. The molecular weight excluding hydrogens is 456 g/mol. The molecule has 0 unspecified atom stereocenters. The van der Waals surface area contributed by atoms with Crippen molar-refractivity contribution in [1.29, 1.82) is 0 Å². The highest BCUT2D eigenvalue weighted by atomic mass is 32.1. The first-order valence-corrected chi connectivity index (χ1v) is 11.9. The molecule has 0 aliphatic heterocycles. The van der Waals surface area contributed by atoms with Gasteiger partial charge >= 0.3 is 0 Å². The van der Waals surface area contributed by atoms with Crippen molar-refractivity contribution < 1.29 is 14.3 Å². The van der Waals surface area contributed by atoms with E-state index in [1.807, 2.05) is 42.6 Å². The van der Waals surface area contributed by atoms with Crippen LogP contribution in [0.4, 0.5) is 10.3 Å². The topological polar surface area (TPSA) is 93.2 Å². The lowest BCUT2D eigenvalue weighted by Crippen LogP contribution is -2.12. The van der Waals surface area contributed by atoms with Gasteiger partial charge in [0.05, 0.1) is 23.4 Å². The minimum Gasteiger partial charge on any atom is -0.497 e. The highest BCUT2D eigenvalue weighted by Crippen LogP contribution is 2.34. The average molecular weight is 479 g/mol. The van der Waals surface area contributed by atoms with E-state index < -0.39 is 0 Å². The third kappa shape index (κ3) is 5.82. The Kier molecular flexibility index (Phi) is 7.11. The summed E-state index contributed by atoms with van der Waals surface area (Å²) in [6, 6.07) is 16.8. The quantitative estimate of drug-likeness (QED) is 0.353. The highest BCUT2D eigenvalue weighted by Gasteiger charge is 2.16. The standard InChI is InChI=1S/C24H22N4O3S2/c1-15-21(33-24(25-15)28-22(30)17-9-11-18(31-2)12-10-17)19-14-32-23(26-19)27-20(29)13-8-16-6-4-3-5-7-16/h3-7,9-12,14H,8,13H2,1-2H3,(H,25,28,30)(H,26,27,29). The van der Waals surface area contributed by atoms with Crippen LogP contribution in [0.5, 0.6) is 5.75 Å². The summed E-state index contributed by atoms with van der Waals surface area (Å²) in [5, 5.41) is 8.61. The summed E-state index contributed by atoms with van der Waals surface area (Å²) in [6.07, 6.45) is 1.07. The maximum atomic E-state index is 12.5. The minimum absolute atomic E-state index is 0.0757. The van der Waals surface area contributed by atoms with Crippen molar-refractivity contribution >= 4 is 44.8 Å². The molecule has 2 aromatic heterocycles. The number of rotatable bonds is 8. The molecule has 2 heterocycles. The zero-order valence-electron chi connectivity index (χ0n) is 18.1. The summed E-state index contributed by atoms with van der Waals surface area (Å²) in [4.78, 5) is 34.6. The Labute approximate surface area is 199 Å². The second-order valence-corrected chi connectivity index (χ2v) is 9.05. The van der Waals surface area contributed by atoms with E-state index in [9.17, 15) is 9.59 Å². The maximum absolute atomic E-state index is 12.5. The molecule has 9 heteroatoms. The number of anilines is 2. The summed E-state index contributed by atoms with van der Waals surface area (Å²) in [6.45, 7) is 1.87. The number of hydrogen-bond donors (Lipinski definition) is 2. The van der Waals surface area contributed by atoms with Gasteiger partial charge in [0.2, 0.25) is 5.91 Å². The smallest absolute Gasteiger partial charge is 0.257 e. The molecule has 0 radical (unpaired) electrons. The second kappa shape index (κ2) is 10.4. The monoisotopic (exact) mass is 478 g/mol. The predicted octanol–water partition coefficient (Wildman–Crippen LogP) is 5.41. The number of carbonyl (C=O) groups is 2. The van der Waals surface area contributed by atoms with Crippen molar-refractivity contribution in [2.75, 3.05) is 17.7 Å². The van der Waals surface area contributed by atoms with Gasteiger partial charge in [0.1, 0.15) is 5.75 Å². The fourth-order valence-corrected chi connectivity index (χ4v) is 4.83. The summed E-state index contributed by atoms with van der Waals surface area (Å²) < 4.78 is 5.12. The Morgan fingerprint density at radius 1 is 0.970 bits per heavy atom. The first-order valence-electron chi connectivity index (χ1n) is 10.2. The number of aromatic nitrogens is 2. The lowest BCUT2D eigenvalue weighted by molar-refractivity contribution is -0.116. The van der Waals surface area contributed by atoms with Crippen LogP contribution in [0.3, 0.4) is 0 Å². The third-order valence-electron chi connectivity index (χ3n) is 4.84. The molecule has 2 amide bonds. The molecule has 4 rings (SSSR count). The molecule has 0 fully saturated rings. The molecule has 4 aromatic rings. The number of methoxy groups -OCH3 is 1. The van der Waals surface area contributed by atoms with Gasteiger partial charge in [0, 0.05) is 17.4 Å². The van der Waals surface area contributed by atoms with Gasteiger partial charge in [0.15, 0.2) is 10.3 Å². The number of nitrogens with zero attached hydrogens (tertiary/aromatic N) is 2. The zero-order valence-corrected chi connectivity index (χ0v) is 19.8. The normalized spacial score (nSPS) is 10.6. The van der Waals surface area contributed by atoms with Crippen LogP contribution in [0.25, 0.3) is 10.6 Å². The summed E-state index contributed by atoms with van der Waals surface area (Å²) >= 11 is 2.71. The van der Waals surface area contributed by atoms with Crippen LogP contribution in [-0.4, -0.2) is 28.9 Å². The van der Waals surface area contributed by atoms with Crippen LogP contribution in [0.1, 0.15) is 28.0 Å². The first kappa shape index (κ1) is 22.6. The van der Waals surface area contributed by atoms with Gasteiger partial charge in [-0.2, -0.15) is 0 Å². The Bertz CT molecular complexity index is 1250. The van der Waals surface area contributed by atoms with E-state index in [-0.39, 0.29) is 11.8 Å². The number of nitrogens with one attached hydrogen (secondary N) is 2. The molecule has 2 N–H and O–H groups in total. The van der Waals surface area contributed by atoms with Crippen molar-refractivity contribution in [3.8, 4) is 16.3 Å². The SMILES string of the molecule is COc1ccc(C(=O)Nc2nc(C)c(-c3csc(NC(=O)CCc4ccccc4)n3)s2)cc1. The molecule has 0 saturated carbocycles. The van der Waals surface area contributed by atoms with Crippen LogP contribution < -0.4 is 15.4 Å². The van der Waals surface area contributed by atoms with E-state index in [4.69, 9.17) is 4.74 Å². The van der Waals surface area contributed by atoms with E-state index >= 15 is 0 Å². The fraction of sp³-hybridized carbons (Fsp3) is 0.167. The van der Waals surface area contributed by atoms with Crippen LogP contribution in [0.2, 0.25) is 0 Å². The molecule has 168 valence electrons. The van der Waals surface area contributed by atoms with E-state index in [1.54, 1.807) is 31.4 Å². The summed E-state index contributed by atoms with van der Waals surface area (Å²) in [7, 11) is 1.58. The molecule has 0 aliphatic carbocycles. The Balaban J connectivity index is 1.37. The first-order chi connectivity index (χ1) is 16.0. The van der Waals surface area contributed by atoms with E-state index in [0.29, 0.717) is 34.4 Å². The van der Waals surface area contributed by atoms with E-state index in [0.717, 1.165) is 21.8 Å². The summed E-state index contributed by atoms with van der Waals surface area (Å²) in [5.41, 5.74) is 3.12. The molecule has 0 aliphatic rings. The number of ether oxygens (including phenoxy) is 1. The van der Waals surface area contributed by atoms with Crippen molar-refractivity contribution in [3.63, 3.8) is 0 Å². The summed E-state index contributed by atoms with van der Waals surface area (Å²) in [5.74, 6) is 0.362. The van der Waals surface area contributed by atoms with Gasteiger partial charge in [0.25, 0.3) is 5.91 Å². The van der Waals surface area contributed by atoms with Gasteiger partial charge in [-0.25, -0.2) is 9.97 Å². The van der Waals surface area contributed by atoms with Crippen molar-refractivity contribution in [1.82, 2.24) is 9.97 Å². The van der Waals surface area contributed by atoms with E-state index in [2.05, 4.69) is 20.6 Å². The Morgan fingerprint density at radius 3 is 2.45 bits per heavy atom. The molecule has 0 saturated heterocycles. The Hall–Kier alpha value is -3.56. The van der Waals surface area contributed by atoms with E-state index in [1.165, 1.54) is 22.7 Å². The van der Waals surface area contributed by atoms with Crippen molar-refractivity contribution in [2.24, 2.45) is 0 Å². The molecule has 33 heavy (non-hydrogen) atoms. The van der Waals surface area contributed by atoms with Crippen LogP contribution >= 0.6 is 22.7 Å². The van der Waals surface area contributed by atoms with Crippen molar-refractivity contribution in [2.45, 2.75) is 19.8 Å². The number of aryl methyl sites for hydroxylation is 2. The van der Waals surface area contributed by atoms with Gasteiger partial charge in [-0.3, -0.25) is 14.9 Å². The Morgan fingerprint density at radius 2 is 1.73 bits per heavy atom. The largest absolute Gasteiger partial charge is 0.497 e. The third-order valence-corrected chi connectivity index (χ3v) is 6.69. The average Bonchev–Trinajstić information content (AvgIpc) is 3.44. The zero-order chi connectivity index (χ0) is 23.2. The number of amides is 2. The molecule has 0 atom stereocenters. The van der Waals surface area contributed by atoms with Crippen LogP contribution in [-0.2, 0) is 11.2 Å². The van der Waals surface area contributed by atoms with Gasteiger partial charge in [-0.05, 0) is 43.2 Å². The molecular formula is C24H22N4O3S2. The highest BCUT2D eigenvalue weighted by molar-refractivity contribution is 7.20. The number of hydrogen-bond acceptors (Lipinski definition) is 7. The number of benzene rings is 2. The minimum atomic E-state index is -0.248. The molecule has 7 nitrogen and oxygen atoms in total. The maximum Gasteiger partial charge on any atom is 0.257 e. The van der Waals surface area contributed by atoms with Crippen molar-refractivity contribution in [3.05, 3.63) is 76.8 Å².